The first-order valence-corrected chi connectivity index (χ1v) is 8.09. The number of hydrogen-bond donors (Lipinski definition) is 1. The molecule has 2 aromatic heterocycles. The van der Waals surface area contributed by atoms with Crippen molar-refractivity contribution < 1.29 is 9.21 Å². The van der Waals surface area contributed by atoms with E-state index in [4.69, 9.17) is 4.42 Å². The molecule has 2 aromatic rings. The van der Waals surface area contributed by atoms with E-state index >= 15 is 0 Å². The number of amides is 1. The molecule has 0 aliphatic carbocycles. The Bertz CT molecular complexity index is 572. The summed E-state index contributed by atoms with van der Waals surface area (Å²) in [4.78, 5) is 17.2. The summed E-state index contributed by atoms with van der Waals surface area (Å²) in [5.74, 6) is 1.40. The number of thiophene rings is 1. The molecule has 0 aliphatic heterocycles. The summed E-state index contributed by atoms with van der Waals surface area (Å²) in [5.41, 5.74) is 0.873. The Morgan fingerprint density at radius 3 is 2.85 bits per heavy atom. The summed E-state index contributed by atoms with van der Waals surface area (Å²) in [5, 5.41) is 2.83. The summed E-state index contributed by atoms with van der Waals surface area (Å²) in [6.45, 7) is 4.12. The molecule has 0 unspecified atom stereocenters. The second-order valence-electron chi connectivity index (χ2n) is 4.59. The largest absolute Gasteiger partial charge is 0.444 e. The van der Waals surface area contributed by atoms with Crippen LogP contribution in [-0.2, 0) is 17.8 Å². The molecule has 1 amide bonds. The van der Waals surface area contributed by atoms with Gasteiger partial charge >= 0.3 is 0 Å². The average Bonchev–Trinajstić information content (AvgIpc) is 2.94. The first kappa shape index (κ1) is 15.3. The molecule has 6 heteroatoms. The topological polar surface area (TPSA) is 55.1 Å². The maximum atomic E-state index is 11.7. The highest BCUT2D eigenvalue weighted by molar-refractivity contribution is 9.11. The van der Waals surface area contributed by atoms with Crippen LogP contribution in [0.2, 0.25) is 0 Å². The van der Waals surface area contributed by atoms with E-state index in [1.807, 2.05) is 19.9 Å². The number of rotatable bonds is 6. The molecule has 1 N–H and O–H groups in total. The van der Waals surface area contributed by atoms with Crippen LogP contribution in [0.1, 0.15) is 35.1 Å². The molecule has 0 radical (unpaired) electrons. The first-order valence-electron chi connectivity index (χ1n) is 6.48. The molecule has 0 fully saturated rings. The normalized spacial score (nSPS) is 10.8. The quantitative estimate of drug-likeness (QED) is 0.857. The number of aromatic nitrogens is 1. The van der Waals surface area contributed by atoms with Crippen LogP contribution < -0.4 is 5.32 Å². The van der Waals surface area contributed by atoms with Crippen molar-refractivity contribution in [2.24, 2.45) is 0 Å². The summed E-state index contributed by atoms with van der Waals surface area (Å²) in [7, 11) is 0. The molecule has 0 saturated carbocycles. The molecule has 0 aliphatic rings. The number of oxazole rings is 1. The predicted molar refractivity (Wildman–Crippen MR) is 82.8 cm³/mol. The minimum Gasteiger partial charge on any atom is -0.444 e. The second-order valence-corrected chi connectivity index (χ2v) is 7.13. The molecule has 20 heavy (non-hydrogen) atoms. The van der Waals surface area contributed by atoms with Crippen LogP contribution in [0, 0.1) is 13.8 Å². The molecule has 0 spiro atoms. The molecule has 2 rings (SSSR count). The zero-order valence-electron chi connectivity index (χ0n) is 11.5. The molecule has 0 atom stereocenters. The standard InChI is InChI=1S/C14H17BrN2O2S/c1-9-10(2)19-14(17-9)8-16-13(18)5-3-4-11-6-7-12(15)20-11/h6-7H,3-5,8H2,1-2H3,(H,16,18). The van der Waals surface area contributed by atoms with Crippen molar-refractivity contribution in [3.8, 4) is 0 Å². The third kappa shape index (κ3) is 4.45. The van der Waals surface area contributed by atoms with Gasteiger partial charge < -0.3 is 9.73 Å². The van der Waals surface area contributed by atoms with E-state index in [-0.39, 0.29) is 5.91 Å². The van der Waals surface area contributed by atoms with Crippen molar-refractivity contribution in [3.63, 3.8) is 0 Å². The zero-order valence-corrected chi connectivity index (χ0v) is 13.9. The van der Waals surface area contributed by atoms with Gasteiger partial charge in [0.1, 0.15) is 5.76 Å². The minimum absolute atomic E-state index is 0.0362. The number of carbonyl (C=O) groups is 1. The van der Waals surface area contributed by atoms with E-state index in [0.717, 1.165) is 28.1 Å². The number of nitrogens with zero attached hydrogens (tertiary/aromatic N) is 1. The summed E-state index contributed by atoms with van der Waals surface area (Å²) in [6, 6.07) is 4.12. The lowest BCUT2D eigenvalue weighted by molar-refractivity contribution is -0.121. The van der Waals surface area contributed by atoms with Crippen molar-refractivity contribution in [3.05, 3.63) is 38.1 Å². The number of halogens is 1. The highest BCUT2D eigenvalue weighted by atomic mass is 79.9. The fourth-order valence-electron chi connectivity index (χ4n) is 1.79. The first-order chi connectivity index (χ1) is 9.54. The van der Waals surface area contributed by atoms with Gasteiger partial charge in [-0.3, -0.25) is 4.79 Å². The van der Waals surface area contributed by atoms with Crippen molar-refractivity contribution >= 4 is 33.2 Å². The van der Waals surface area contributed by atoms with E-state index in [9.17, 15) is 4.79 Å². The van der Waals surface area contributed by atoms with Crippen molar-refractivity contribution in [1.82, 2.24) is 10.3 Å². The lowest BCUT2D eigenvalue weighted by atomic mass is 10.2. The van der Waals surface area contributed by atoms with E-state index in [1.165, 1.54) is 4.88 Å². The molecule has 0 aromatic carbocycles. The number of hydrogen-bond acceptors (Lipinski definition) is 4. The molecule has 2 heterocycles. The molecule has 108 valence electrons. The predicted octanol–water partition coefficient (Wildman–Crippen LogP) is 3.75. The lowest BCUT2D eigenvalue weighted by Crippen LogP contribution is -2.22. The number of carbonyl (C=O) groups excluding carboxylic acids is 1. The van der Waals surface area contributed by atoms with Gasteiger partial charge in [-0.05, 0) is 54.8 Å². The van der Waals surface area contributed by atoms with Crippen molar-refractivity contribution in [2.45, 2.75) is 39.7 Å². The van der Waals surface area contributed by atoms with Crippen molar-refractivity contribution in [1.29, 1.82) is 0 Å². The smallest absolute Gasteiger partial charge is 0.220 e. The minimum atomic E-state index is 0.0362. The van der Waals surface area contributed by atoms with Crippen LogP contribution >= 0.6 is 27.3 Å². The fraction of sp³-hybridized carbons (Fsp3) is 0.429. The highest BCUT2D eigenvalue weighted by Crippen LogP contribution is 2.23. The number of nitrogens with one attached hydrogen (secondary N) is 1. The third-order valence-corrected chi connectivity index (χ3v) is 4.65. The van der Waals surface area contributed by atoms with Crippen LogP contribution in [0.25, 0.3) is 0 Å². The molecule has 4 nitrogen and oxygen atoms in total. The monoisotopic (exact) mass is 356 g/mol. The summed E-state index contributed by atoms with van der Waals surface area (Å²) in [6.07, 6.45) is 2.30. The van der Waals surface area contributed by atoms with Crippen molar-refractivity contribution in [2.75, 3.05) is 0 Å². The average molecular weight is 357 g/mol. The molecular weight excluding hydrogens is 340 g/mol. The van der Waals surface area contributed by atoms with Gasteiger partial charge in [-0.15, -0.1) is 11.3 Å². The van der Waals surface area contributed by atoms with Crippen LogP contribution in [0.4, 0.5) is 0 Å². The van der Waals surface area contributed by atoms with E-state index in [0.29, 0.717) is 18.9 Å². The van der Waals surface area contributed by atoms with Gasteiger partial charge in [0.15, 0.2) is 0 Å². The van der Waals surface area contributed by atoms with Gasteiger partial charge in [0.25, 0.3) is 0 Å². The molecular formula is C14H17BrN2O2S. The van der Waals surface area contributed by atoms with Crippen LogP contribution in [0.3, 0.4) is 0 Å². The van der Waals surface area contributed by atoms with E-state index in [2.05, 4.69) is 32.3 Å². The Morgan fingerprint density at radius 2 is 2.25 bits per heavy atom. The van der Waals surface area contributed by atoms with E-state index in [1.54, 1.807) is 11.3 Å². The van der Waals surface area contributed by atoms with Crippen LogP contribution in [0.15, 0.2) is 20.3 Å². The molecule has 0 saturated heterocycles. The Morgan fingerprint density at radius 1 is 1.45 bits per heavy atom. The Labute approximate surface area is 130 Å². The highest BCUT2D eigenvalue weighted by Gasteiger charge is 2.07. The fourth-order valence-corrected chi connectivity index (χ4v) is 3.31. The van der Waals surface area contributed by atoms with Crippen LogP contribution in [0.5, 0.6) is 0 Å². The van der Waals surface area contributed by atoms with Gasteiger partial charge in [-0.1, -0.05) is 0 Å². The zero-order chi connectivity index (χ0) is 14.5. The van der Waals surface area contributed by atoms with Crippen LogP contribution in [-0.4, -0.2) is 10.9 Å². The molecule has 0 bridgehead atoms. The Balaban J connectivity index is 1.68. The number of aryl methyl sites for hydroxylation is 3. The maximum absolute atomic E-state index is 11.7. The maximum Gasteiger partial charge on any atom is 0.220 e. The summed E-state index contributed by atoms with van der Waals surface area (Å²) >= 11 is 5.15. The SMILES string of the molecule is Cc1nc(CNC(=O)CCCc2ccc(Br)s2)oc1C. The summed E-state index contributed by atoms with van der Waals surface area (Å²) < 4.78 is 6.54. The van der Waals surface area contributed by atoms with Gasteiger partial charge in [0, 0.05) is 11.3 Å². The third-order valence-electron chi connectivity index (χ3n) is 2.97. The van der Waals surface area contributed by atoms with E-state index < -0.39 is 0 Å². The Hall–Kier alpha value is -1.14. The van der Waals surface area contributed by atoms with Gasteiger partial charge in [-0.25, -0.2) is 4.98 Å². The van der Waals surface area contributed by atoms with Gasteiger partial charge in [0.2, 0.25) is 11.8 Å². The van der Waals surface area contributed by atoms with Gasteiger partial charge in [0.05, 0.1) is 16.0 Å². The second kappa shape index (κ2) is 7.04. The lowest BCUT2D eigenvalue weighted by Gasteiger charge is -2.02. The Kier molecular flexibility index (Phi) is 5.37. The van der Waals surface area contributed by atoms with Gasteiger partial charge in [-0.2, -0.15) is 0 Å².